The van der Waals surface area contributed by atoms with E-state index >= 15 is 0 Å². The van der Waals surface area contributed by atoms with Gasteiger partial charge >= 0.3 is 0 Å². The Bertz CT molecular complexity index is 375. The standard InChI is InChI=1S/C7H13N3O4S/c1-14-5-6(11)2-10-15(12,13)7-3-8-9-4-7/h3-4,6,10-11H,2,5H2,1H3,(H,8,9). The summed E-state index contributed by atoms with van der Waals surface area (Å²) in [5.74, 6) is 0. The van der Waals surface area contributed by atoms with E-state index in [0.29, 0.717) is 0 Å². The fourth-order valence-electron chi connectivity index (χ4n) is 0.927. The van der Waals surface area contributed by atoms with Crippen LogP contribution in [0.25, 0.3) is 0 Å². The van der Waals surface area contributed by atoms with Crippen LogP contribution in [0, 0.1) is 0 Å². The minimum Gasteiger partial charge on any atom is -0.389 e. The molecule has 0 aromatic carbocycles. The molecule has 0 spiro atoms. The number of aliphatic hydroxyl groups is 1. The van der Waals surface area contributed by atoms with Gasteiger partial charge in [-0.05, 0) is 0 Å². The van der Waals surface area contributed by atoms with Crippen LogP contribution < -0.4 is 4.72 Å². The Labute approximate surface area is 87.5 Å². The van der Waals surface area contributed by atoms with Gasteiger partial charge in [0.25, 0.3) is 0 Å². The van der Waals surface area contributed by atoms with E-state index in [4.69, 9.17) is 0 Å². The number of ether oxygens (including phenoxy) is 1. The molecule has 0 bridgehead atoms. The lowest BCUT2D eigenvalue weighted by molar-refractivity contribution is 0.0679. The highest BCUT2D eigenvalue weighted by Crippen LogP contribution is 2.03. The molecule has 0 amide bonds. The lowest BCUT2D eigenvalue weighted by atomic mass is 10.4. The van der Waals surface area contributed by atoms with Gasteiger partial charge in [-0.3, -0.25) is 5.10 Å². The number of nitrogens with zero attached hydrogens (tertiary/aromatic N) is 1. The van der Waals surface area contributed by atoms with Crippen molar-refractivity contribution >= 4 is 10.0 Å². The molecule has 0 radical (unpaired) electrons. The first-order valence-corrected chi connectivity index (χ1v) is 5.70. The van der Waals surface area contributed by atoms with E-state index in [-0.39, 0.29) is 18.0 Å². The number of rotatable bonds is 6. The lowest BCUT2D eigenvalue weighted by Gasteiger charge is -2.09. The van der Waals surface area contributed by atoms with Crippen molar-refractivity contribution in [1.82, 2.24) is 14.9 Å². The minimum absolute atomic E-state index is 0.0344. The average Bonchev–Trinajstić information content (AvgIpc) is 2.69. The summed E-state index contributed by atoms with van der Waals surface area (Å²) in [5, 5.41) is 15.1. The van der Waals surface area contributed by atoms with Crippen molar-refractivity contribution in [1.29, 1.82) is 0 Å². The molecule has 15 heavy (non-hydrogen) atoms. The van der Waals surface area contributed by atoms with Gasteiger partial charge in [-0.25, -0.2) is 13.1 Å². The SMILES string of the molecule is COCC(O)CNS(=O)(=O)c1cn[nH]c1. The van der Waals surface area contributed by atoms with E-state index in [2.05, 4.69) is 19.7 Å². The van der Waals surface area contributed by atoms with Crippen LogP contribution >= 0.6 is 0 Å². The Morgan fingerprint density at radius 2 is 2.47 bits per heavy atom. The first kappa shape index (κ1) is 12.1. The van der Waals surface area contributed by atoms with Crippen LogP contribution in [0.2, 0.25) is 0 Å². The molecule has 1 unspecified atom stereocenters. The number of sulfonamides is 1. The van der Waals surface area contributed by atoms with Crippen LogP contribution in [0.4, 0.5) is 0 Å². The van der Waals surface area contributed by atoms with Crippen molar-refractivity contribution in [3.8, 4) is 0 Å². The molecule has 1 rings (SSSR count). The van der Waals surface area contributed by atoms with Crippen LogP contribution in [-0.2, 0) is 14.8 Å². The zero-order valence-electron chi connectivity index (χ0n) is 8.17. The van der Waals surface area contributed by atoms with Crippen molar-refractivity contribution < 1.29 is 18.3 Å². The molecule has 1 heterocycles. The number of aromatic amines is 1. The summed E-state index contributed by atoms with van der Waals surface area (Å²) < 4.78 is 29.8. The Morgan fingerprint density at radius 1 is 1.73 bits per heavy atom. The van der Waals surface area contributed by atoms with Crippen LogP contribution in [-0.4, -0.2) is 50.1 Å². The Hall–Kier alpha value is -0.960. The lowest BCUT2D eigenvalue weighted by Crippen LogP contribution is -2.34. The second-order valence-corrected chi connectivity index (χ2v) is 4.66. The molecule has 0 saturated carbocycles. The third kappa shape index (κ3) is 3.59. The molecule has 0 saturated heterocycles. The Kier molecular flexibility index (Phi) is 4.21. The molecule has 86 valence electrons. The number of hydrogen-bond donors (Lipinski definition) is 3. The van der Waals surface area contributed by atoms with Crippen molar-refractivity contribution in [3.05, 3.63) is 12.4 Å². The summed E-state index contributed by atoms with van der Waals surface area (Å²) in [5.41, 5.74) is 0. The van der Waals surface area contributed by atoms with Crippen molar-refractivity contribution in [2.24, 2.45) is 0 Å². The summed E-state index contributed by atoms with van der Waals surface area (Å²) in [4.78, 5) is 0.0344. The quantitative estimate of drug-likeness (QED) is 0.568. The van der Waals surface area contributed by atoms with Crippen LogP contribution in [0.1, 0.15) is 0 Å². The Morgan fingerprint density at radius 3 is 3.00 bits per heavy atom. The first-order chi connectivity index (χ1) is 7.06. The van der Waals surface area contributed by atoms with Crippen molar-refractivity contribution in [2.75, 3.05) is 20.3 Å². The topological polar surface area (TPSA) is 104 Å². The third-order valence-electron chi connectivity index (χ3n) is 1.65. The van der Waals surface area contributed by atoms with Gasteiger partial charge in [0.2, 0.25) is 10.0 Å². The van der Waals surface area contributed by atoms with E-state index in [9.17, 15) is 13.5 Å². The summed E-state index contributed by atoms with van der Waals surface area (Å²) in [7, 11) is -2.17. The largest absolute Gasteiger partial charge is 0.389 e. The predicted octanol–water partition coefficient (Wildman–Crippen LogP) is -1.30. The molecule has 0 fully saturated rings. The molecule has 1 aromatic rings. The number of hydrogen-bond acceptors (Lipinski definition) is 5. The van der Waals surface area contributed by atoms with E-state index in [1.165, 1.54) is 19.5 Å². The van der Waals surface area contributed by atoms with Gasteiger partial charge in [0.15, 0.2) is 0 Å². The number of methoxy groups -OCH3 is 1. The molecule has 1 atom stereocenters. The van der Waals surface area contributed by atoms with Crippen molar-refractivity contribution in [2.45, 2.75) is 11.0 Å². The third-order valence-corrected chi connectivity index (χ3v) is 3.04. The van der Waals surface area contributed by atoms with Gasteiger partial charge in [-0.1, -0.05) is 0 Å². The molecule has 0 aliphatic rings. The zero-order chi connectivity index (χ0) is 11.3. The van der Waals surface area contributed by atoms with E-state index in [1.807, 2.05) is 0 Å². The summed E-state index contributed by atoms with van der Waals surface area (Å²) in [6.07, 6.45) is 1.58. The minimum atomic E-state index is -3.59. The molecule has 1 aromatic heterocycles. The van der Waals surface area contributed by atoms with Crippen LogP contribution in [0.3, 0.4) is 0 Å². The highest BCUT2D eigenvalue weighted by atomic mass is 32.2. The maximum atomic E-state index is 11.5. The van der Waals surface area contributed by atoms with Crippen molar-refractivity contribution in [3.63, 3.8) is 0 Å². The van der Waals surface area contributed by atoms with Gasteiger partial charge in [0, 0.05) is 19.9 Å². The van der Waals surface area contributed by atoms with E-state index < -0.39 is 16.1 Å². The highest BCUT2D eigenvalue weighted by Gasteiger charge is 2.16. The second kappa shape index (κ2) is 5.21. The zero-order valence-corrected chi connectivity index (χ0v) is 8.99. The fraction of sp³-hybridized carbons (Fsp3) is 0.571. The molecular formula is C7H13N3O4S. The maximum Gasteiger partial charge on any atom is 0.243 e. The Balaban J connectivity index is 2.52. The highest BCUT2D eigenvalue weighted by molar-refractivity contribution is 7.89. The van der Waals surface area contributed by atoms with E-state index in [1.54, 1.807) is 0 Å². The van der Waals surface area contributed by atoms with Gasteiger partial charge < -0.3 is 9.84 Å². The maximum absolute atomic E-state index is 11.5. The first-order valence-electron chi connectivity index (χ1n) is 4.21. The summed E-state index contributed by atoms with van der Waals surface area (Å²) in [6.45, 7) is -0.0186. The van der Waals surface area contributed by atoms with Gasteiger partial charge in [0.1, 0.15) is 4.90 Å². The van der Waals surface area contributed by atoms with Gasteiger partial charge in [-0.2, -0.15) is 5.10 Å². The molecular weight excluding hydrogens is 222 g/mol. The normalized spacial score (nSPS) is 14.0. The van der Waals surface area contributed by atoms with Crippen LogP contribution in [0.15, 0.2) is 17.3 Å². The monoisotopic (exact) mass is 235 g/mol. The number of aromatic nitrogens is 2. The molecule has 8 heteroatoms. The summed E-state index contributed by atoms with van der Waals surface area (Å²) >= 11 is 0. The van der Waals surface area contributed by atoms with Gasteiger partial charge in [0.05, 0.1) is 18.9 Å². The average molecular weight is 235 g/mol. The molecule has 3 N–H and O–H groups in total. The molecule has 7 nitrogen and oxygen atoms in total. The van der Waals surface area contributed by atoms with E-state index in [0.717, 1.165) is 0 Å². The van der Waals surface area contributed by atoms with Crippen LogP contribution in [0.5, 0.6) is 0 Å². The predicted molar refractivity (Wildman–Crippen MR) is 51.7 cm³/mol. The van der Waals surface area contributed by atoms with Gasteiger partial charge in [-0.15, -0.1) is 0 Å². The number of H-pyrrole nitrogens is 1. The molecule has 0 aliphatic heterocycles. The fourth-order valence-corrected chi connectivity index (χ4v) is 1.90. The molecule has 0 aliphatic carbocycles. The number of nitrogens with one attached hydrogen (secondary N) is 2. The number of aliphatic hydroxyl groups excluding tert-OH is 1. The smallest absolute Gasteiger partial charge is 0.243 e. The summed E-state index contributed by atoms with van der Waals surface area (Å²) in [6, 6.07) is 0. The second-order valence-electron chi connectivity index (χ2n) is 2.90.